The van der Waals surface area contributed by atoms with E-state index in [0.717, 1.165) is 23.4 Å². The molecule has 7 heteroatoms. The van der Waals surface area contributed by atoms with Crippen LogP contribution in [0.2, 0.25) is 0 Å². The smallest absolute Gasteiger partial charge is 0.237 e. The molecule has 0 fully saturated rings. The van der Waals surface area contributed by atoms with Gasteiger partial charge < -0.3 is 9.73 Å². The Kier molecular flexibility index (Phi) is 6.47. The standard InChI is InChI=1S/C22H28N4O2S/c1-13(2)12-26-20(18-8-7-9-28-18)24-25-22(26)29-17(6)21(27)23-19-15(4)10-14(3)11-16(19)5/h7-11,13,17H,12H2,1-6H3,(H,23,27). The third-order valence-corrected chi connectivity index (χ3v) is 5.66. The van der Waals surface area contributed by atoms with Gasteiger partial charge in [0.15, 0.2) is 16.7 Å². The molecule has 0 saturated carbocycles. The quantitative estimate of drug-likeness (QED) is 0.537. The first-order valence-corrected chi connectivity index (χ1v) is 10.7. The number of benzene rings is 1. The number of carbonyl (C=O) groups excluding carboxylic acids is 1. The minimum Gasteiger partial charge on any atom is -0.461 e. The first kappa shape index (κ1) is 21.2. The number of anilines is 1. The van der Waals surface area contributed by atoms with Crippen molar-refractivity contribution >= 4 is 23.4 Å². The van der Waals surface area contributed by atoms with Crippen LogP contribution in [-0.2, 0) is 11.3 Å². The van der Waals surface area contributed by atoms with Crippen molar-refractivity contribution in [2.75, 3.05) is 5.32 Å². The summed E-state index contributed by atoms with van der Waals surface area (Å²) in [4.78, 5) is 12.9. The molecule has 1 unspecified atom stereocenters. The lowest BCUT2D eigenvalue weighted by molar-refractivity contribution is -0.115. The number of carbonyl (C=O) groups is 1. The molecule has 1 N–H and O–H groups in total. The van der Waals surface area contributed by atoms with Gasteiger partial charge in [0.25, 0.3) is 0 Å². The lowest BCUT2D eigenvalue weighted by Crippen LogP contribution is -2.24. The second kappa shape index (κ2) is 8.86. The monoisotopic (exact) mass is 412 g/mol. The van der Waals surface area contributed by atoms with Crippen LogP contribution in [-0.4, -0.2) is 25.9 Å². The van der Waals surface area contributed by atoms with E-state index in [4.69, 9.17) is 4.42 Å². The lowest BCUT2D eigenvalue weighted by atomic mass is 10.1. The van der Waals surface area contributed by atoms with Crippen LogP contribution < -0.4 is 5.32 Å². The minimum atomic E-state index is -0.324. The molecular formula is C22H28N4O2S. The number of amides is 1. The van der Waals surface area contributed by atoms with Crippen LogP contribution in [0.3, 0.4) is 0 Å². The van der Waals surface area contributed by atoms with Crippen LogP contribution in [0.4, 0.5) is 5.69 Å². The summed E-state index contributed by atoms with van der Waals surface area (Å²) in [6.07, 6.45) is 1.62. The number of hydrogen-bond donors (Lipinski definition) is 1. The Morgan fingerprint density at radius 2 is 1.86 bits per heavy atom. The molecule has 6 nitrogen and oxygen atoms in total. The zero-order chi connectivity index (χ0) is 21.1. The highest BCUT2D eigenvalue weighted by Gasteiger charge is 2.23. The molecular weight excluding hydrogens is 384 g/mol. The Labute approximate surface area is 176 Å². The largest absolute Gasteiger partial charge is 0.461 e. The summed E-state index contributed by atoms with van der Waals surface area (Å²) < 4.78 is 7.54. The molecule has 0 saturated heterocycles. The van der Waals surface area contributed by atoms with Gasteiger partial charge in [0.05, 0.1) is 11.5 Å². The fourth-order valence-corrected chi connectivity index (χ4v) is 4.17. The maximum Gasteiger partial charge on any atom is 0.237 e. The van der Waals surface area contributed by atoms with E-state index in [1.807, 2.05) is 37.5 Å². The van der Waals surface area contributed by atoms with Gasteiger partial charge in [-0.2, -0.15) is 0 Å². The van der Waals surface area contributed by atoms with E-state index in [9.17, 15) is 4.79 Å². The third kappa shape index (κ3) is 4.90. The second-order valence-electron chi connectivity index (χ2n) is 7.81. The third-order valence-electron chi connectivity index (χ3n) is 4.58. The fraction of sp³-hybridized carbons (Fsp3) is 0.409. The van der Waals surface area contributed by atoms with Gasteiger partial charge in [-0.05, 0) is 56.9 Å². The summed E-state index contributed by atoms with van der Waals surface area (Å²) >= 11 is 1.41. The van der Waals surface area contributed by atoms with Gasteiger partial charge in [0, 0.05) is 12.2 Å². The SMILES string of the molecule is Cc1cc(C)c(NC(=O)C(C)Sc2nnc(-c3ccco3)n2CC(C)C)c(C)c1. The van der Waals surface area contributed by atoms with E-state index in [0.29, 0.717) is 22.7 Å². The number of thioether (sulfide) groups is 1. The molecule has 154 valence electrons. The molecule has 0 bridgehead atoms. The highest BCUT2D eigenvalue weighted by Crippen LogP contribution is 2.29. The van der Waals surface area contributed by atoms with Crippen molar-refractivity contribution in [1.82, 2.24) is 14.8 Å². The van der Waals surface area contributed by atoms with Crippen LogP contribution in [0.1, 0.15) is 37.5 Å². The van der Waals surface area contributed by atoms with Crippen molar-refractivity contribution in [3.8, 4) is 11.6 Å². The Bertz CT molecular complexity index is 969. The van der Waals surface area contributed by atoms with E-state index in [1.54, 1.807) is 6.26 Å². The lowest BCUT2D eigenvalue weighted by Gasteiger charge is -2.17. The van der Waals surface area contributed by atoms with Crippen molar-refractivity contribution < 1.29 is 9.21 Å². The molecule has 1 amide bonds. The van der Waals surface area contributed by atoms with Gasteiger partial charge in [-0.15, -0.1) is 10.2 Å². The average molecular weight is 413 g/mol. The summed E-state index contributed by atoms with van der Waals surface area (Å²) in [6.45, 7) is 13.0. The van der Waals surface area contributed by atoms with E-state index < -0.39 is 0 Å². The second-order valence-corrected chi connectivity index (χ2v) is 9.12. The number of aromatic nitrogens is 3. The predicted octanol–water partition coefficient (Wildman–Crippen LogP) is 5.24. The van der Waals surface area contributed by atoms with Crippen LogP contribution in [0.25, 0.3) is 11.6 Å². The zero-order valence-corrected chi connectivity index (χ0v) is 18.6. The molecule has 2 aromatic heterocycles. The molecule has 0 aliphatic rings. The first-order chi connectivity index (χ1) is 13.8. The number of aryl methyl sites for hydroxylation is 3. The molecule has 3 rings (SSSR count). The molecule has 0 aliphatic heterocycles. The van der Waals surface area contributed by atoms with Gasteiger partial charge in [-0.1, -0.05) is 43.3 Å². The van der Waals surface area contributed by atoms with Gasteiger partial charge in [-0.3, -0.25) is 9.36 Å². The van der Waals surface area contributed by atoms with Crippen molar-refractivity contribution in [3.05, 3.63) is 47.2 Å². The summed E-state index contributed by atoms with van der Waals surface area (Å²) in [5.41, 5.74) is 4.20. The normalized spacial score (nSPS) is 12.4. The van der Waals surface area contributed by atoms with Crippen LogP contribution in [0, 0.1) is 26.7 Å². The summed E-state index contributed by atoms with van der Waals surface area (Å²) in [7, 11) is 0. The maximum absolute atomic E-state index is 12.9. The van der Waals surface area contributed by atoms with Gasteiger partial charge >= 0.3 is 0 Å². The Morgan fingerprint density at radius 1 is 1.17 bits per heavy atom. The number of rotatable bonds is 7. The Hall–Kier alpha value is -2.54. The highest BCUT2D eigenvalue weighted by atomic mass is 32.2. The Balaban J connectivity index is 1.80. The van der Waals surface area contributed by atoms with E-state index in [-0.39, 0.29) is 11.2 Å². The number of nitrogens with one attached hydrogen (secondary N) is 1. The first-order valence-electron chi connectivity index (χ1n) is 9.78. The molecule has 1 atom stereocenters. The maximum atomic E-state index is 12.9. The minimum absolute atomic E-state index is 0.0521. The summed E-state index contributed by atoms with van der Waals surface area (Å²) in [5.74, 6) is 1.71. The van der Waals surface area contributed by atoms with Gasteiger partial charge in [0.2, 0.25) is 5.91 Å². The van der Waals surface area contributed by atoms with Crippen LogP contribution >= 0.6 is 11.8 Å². The number of hydrogen-bond acceptors (Lipinski definition) is 5. The highest BCUT2D eigenvalue weighted by molar-refractivity contribution is 8.00. The molecule has 3 aromatic rings. The van der Waals surface area contributed by atoms with Crippen molar-refractivity contribution in [2.45, 2.75) is 58.5 Å². The summed E-state index contributed by atoms with van der Waals surface area (Å²) in [5, 5.41) is 12.1. The molecule has 2 heterocycles. The van der Waals surface area contributed by atoms with Crippen molar-refractivity contribution in [3.63, 3.8) is 0 Å². The summed E-state index contributed by atoms with van der Waals surface area (Å²) in [6, 6.07) is 7.86. The topological polar surface area (TPSA) is 73.0 Å². The van der Waals surface area contributed by atoms with E-state index in [1.165, 1.54) is 17.3 Å². The molecule has 0 radical (unpaired) electrons. The molecule has 1 aromatic carbocycles. The number of nitrogens with zero attached hydrogens (tertiary/aromatic N) is 3. The van der Waals surface area contributed by atoms with Gasteiger partial charge in [0.1, 0.15) is 0 Å². The van der Waals surface area contributed by atoms with Crippen LogP contribution in [0.5, 0.6) is 0 Å². The zero-order valence-electron chi connectivity index (χ0n) is 17.8. The average Bonchev–Trinajstić information content (AvgIpc) is 3.28. The van der Waals surface area contributed by atoms with E-state index >= 15 is 0 Å². The molecule has 29 heavy (non-hydrogen) atoms. The molecule has 0 spiro atoms. The number of furan rings is 1. The van der Waals surface area contributed by atoms with Crippen molar-refractivity contribution in [2.24, 2.45) is 5.92 Å². The molecule has 0 aliphatic carbocycles. The van der Waals surface area contributed by atoms with E-state index in [2.05, 4.69) is 48.4 Å². The van der Waals surface area contributed by atoms with Gasteiger partial charge in [-0.25, -0.2) is 0 Å². The Morgan fingerprint density at radius 3 is 2.45 bits per heavy atom. The van der Waals surface area contributed by atoms with Crippen LogP contribution in [0.15, 0.2) is 40.1 Å². The fourth-order valence-electron chi connectivity index (χ4n) is 3.31. The van der Waals surface area contributed by atoms with Crippen molar-refractivity contribution in [1.29, 1.82) is 0 Å². The predicted molar refractivity (Wildman–Crippen MR) is 117 cm³/mol.